The molecule has 1 rings (SSSR count). The standard InChI is InChI=1S/C7H7NO2.C6H14N2O2/c8-7(9)10-6-4-2-1-3-5-6;7-4-2-1-3-5(8)6(9)10/h1-5H,(H2,8,9);5H,1-4,7-8H2,(H,9,10). The quantitative estimate of drug-likeness (QED) is 0.565. The Morgan fingerprint density at radius 3 is 2.25 bits per heavy atom. The number of hydrogen-bond donors (Lipinski definition) is 4. The first-order valence-corrected chi connectivity index (χ1v) is 6.18. The molecule has 0 bridgehead atoms. The predicted molar refractivity (Wildman–Crippen MR) is 75.2 cm³/mol. The maximum Gasteiger partial charge on any atom is 0.409 e. The highest BCUT2D eigenvalue weighted by atomic mass is 16.5. The molecule has 20 heavy (non-hydrogen) atoms. The van der Waals surface area contributed by atoms with Crippen LogP contribution in [0.2, 0.25) is 0 Å². The molecule has 0 saturated carbocycles. The molecule has 0 aliphatic rings. The highest BCUT2D eigenvalue weighted by Gasteiger charge is 2.09. The molecule has 0 heterocycles. The van der Waals surface area contributed by atoms with E-state index < -0.39 is 18.1 Å². The Kier molecular flexibility index (Phi) is 9.63. The zero-order valence-corrected chi connectivity index (χ0v) is 11.2. The molecule has 0 spiro atoms. The fourth-order valence-corrected chi connectivity index (χ4v) is 1.24. The second-order valence-corrected chi connectivity index (χ2v) is 3.96. The minimum atomic E-state index is -0.933. The lowest BCUT2D eigenvalue weighted by molar-refractivity contribution is -0.138. The van der Waals surface area contributed by atoms with Crippen molar-refractivity contribution in [3.05, 3.63) is 30.3 Å². The van der Waals surface area contributed by atoms with Gasteiger partial charge in [0.15, 0.2) is 0 Å². The van der Waals surface area contributed by atoms with E-state index >= 15 is 0 Å². The smallest absolute Gasteiger partial charge is 0.409 e. The molecule has 7 nitrogen and oxygen atoms in total. The van der Waals surface area contributed by atoms with Crippen molar-refractivity contribution in [3.63, 3.8) is 0 Å². The van der Waals surface area contributed by atoms with Crippen LogP contribution in [0.25, 0.3) is 0 Å². The van der Waals surface area contributed by atoms with Crippen LogP contribution in [0.3, 0.4) is 0 Å². The Morgan fingerprint density at radius 1 is 1.20 bits per heavy atom. The van der Waals surface area contributed by atoms with Crippen LogP contribution in [-0.2, 0) is 4.79 Å². The van der Waals surface area contributed by atoms with Crippen molar-refractivity contribution >= 4 is 12.1 Å². The summed E-state index contributed by atoms with van der Waals surface area (Å²) in [7, 11) is 0. The summed E-state index contributed by atoms with van der Waals surface area (Å²) < 4.78 is 4.55. The lowest BCUT2D eigenvalue weighted by atomic mass is 10.1. The van der Waals surface area contributed by atoms with Crippen molar-refractivity contribution in [2.75, 3.05) is 6.54 Å². The largest absolute Gasteiger partial charge is 0.480 e. The normalized spacial score (nSPS) is 10.9. The van der Waals surface area contributed by atoms with E-state index in [1.165, 1.54) is 0 Å². The molecule has 1 unspecified atom stereocenters. The summed E-state index contributed by atoms with van der Waals surface area (Å²) in [5, 5.41) is 8.33. The predicted octanol–water partition coefficient (Wildman–Crippen LogP) is 0.671. The molecule has 0 saturated heterocycles. The molecule has 0 aliphatic heterocycles. The van der Waals surface area contributed by atoms with Gasteiger partial charge in [-0.25, -0.2) is 4.79 Å². The number of carbonyl (C=O) groups excluding carboxylic acids is 1. The van der Waals surface area contributed by atoms with Crippen LogP contribution in [0.15, 0.2) is 30.3 Å². The number of amides is 1. The Hall–Kier alpha value is -2.12. The van der Waals surface area contributed by atoms with Gasteiger partial charge in [-0.3, -0.25) is 4.79 Å². The number of ether oxygens (including phenoxy) is 1. The zero-order valence-electron chi connectivity index (χ0n) is 11.2. The molecule has 1 atom stereocenters. The topological polar surface area (TPSA) is 142 Å². The third-order valence-electron chi connectivity index (χ3n) is 2.25. The minimum Gasteiger partial charge on any atom is -0.480 e. The van der Waals surface area contributed by atoms with E-state index in [-0.39, 0.29) is 0 Å². The van der Waals surface area contributed by atoms with E-state index in [1.54, 1.807) is 24.3 Å². The van der Waals surface area contributed by atoms with Gasteiger partial charge in [0.05, 0.1) is 0 Å². The number of primary amides is 1. The van der Waals surface area contributed by atoms with Crippen LogP contribution in [-0.4, -0.2) is 29.8 Å². The fraction of sp³-hybridized carbons (Fsp3) is 0.385. The second kappa shape index (κ2) is 10.8. The molecule has 0 aliphatic carbocycles. The van der Waals surface area contributed by atoms with Crippen molar-refractivity contribution in [2.24, 2.45) is 17.2 Å². The molecule has 1 aromatic carbocycles. The summed E-state index contributed by atoms with van der Waals surface area (Å²) in [5.41, 5.74) is 15.2. The average molecular weight is 283 g/mol. The van der Waals surface area contributed by atoms with E-state index in [9.17, 15) is 9.59 Å². The van der Waals surface area contributed by atoms with Crippen molar-refractivity contribution in [1.29, 1.82) is 0 Å². The van der Waals surface area contributed by atoms with Crippen molar-refractivity contribution in [3.8, 4) is 5.75 Å². The summed E-state index contributed by atoms with van der Waals surface area (Å²) in [5.74, 6) is -0.466. The SMILES string of the molecule is NC(=O)Oc1ccccc1.NCCCCC(N)C(=O)O. The van der Waals surface area contributed by atoms with Gasteiger partial charge < -0.3 is 27.0 Å². The van der Waals surface area contributed by atoms with Crippen molar-refractivity contribution < 1.29 is 19.4 Å². The van der Waals surface area contributed by atoms with Gasteiger partial charge in [-0.15, -0.1) is 0 Å². The Balaban J connectivity index is 0.000000361. The van der Waals surface area contributed by atoms with Crippen LogP contribution in [0.5, 0.6) is 5.75 Å². The number of aliphatic carboxylic acids is 1. The molecular formula is C13H21N3O4. The number of carbonyl (C=O) groups is 2. The number of unbranched alkanes of at least 4 members (excludes halogenated alkanes) is 1. The van der Waals surface area contributed by atoms with E-state index in [1.807, 2.05) is 6.07 Å². The monoisotopic (exact) mass is 283 g/mol. The van der Waals surface area contributed by atoms with Crippen LogP contribution in [0.1, 0.15) is 19.3 Å². The van der Waals surface area contributed by atoms with Gasteiger partial charge >= 0.3 is 12.1 Å². The number of benzene rings is 1. The first kappa shape index (κ1) is 17.9. The maximum atomic E-state index is 10.2. The van der Waals surface area contributed by atoms with Gasteiger partial charge in [-0.2, -0.15) is 0 Å². The van der Waals surface area contributed by atoms with Crippen molar-refractivity contribution in [1.82, 2.24) is 0 Å². The number of rotatable bonds is 6. The first-order valence-electron chi connectivity index (χ1n) is 6.18. The number of carboxylic acid groups (broad SMARTS) is 1. The number of para-hydroxylation sites is 1. The fourth-order valence-electron chi connectivity index (χ4n) is 1.24. The van der Waals surface area contributed by atoms with Crippen LogP contribution >= 0.6 is 0 Å². The number of nitrogens with two attached hydrogens (primary N) is 3. The Morgan fingerprint density at radius 2 is 1.80 bits per heavy atom. The molecule has 1 aromatic rings. The summed E-state index contributed by atoms with van der Waals surface area (Å²) in [6.07, 6.45) is 1.38. The van der Waals surface area contributed by atoms with Crippen LogP contribution < -0.4 is 21.9 Å². The van der Waals surface area contributed by atoms with Gasteiger partial charge in [-0.05, 0) is 31.5 Å². The molecule has 0 aromatic heterocycles. The van der Waals surface area contributed by atoms with Gasteiger partial charge in [0.2, 0.25) is 0 Å². The van der Waals surface area contributed by atoms with Gasteiger partial charge in [0, 0.05) is 0 Å². The highest BCUT2D eigenvalue weighted by Crippen LogP contribution is 2.07. The van der Waals surface area contributed by atoms with Crippen LogP contribution in [0, 0.1) is 0 Å². The Bertz CT molecular complexity index is 398. The Labute approximate surface area is 117 Å². The number of hydrogen-bond acceptors (Lipinski definition) is 5. The summed E-state index contributed by atoms with van der Waals surface area (Å²) in [4.78, 5) is 20.3. The molecule has 1 amide bonds. The third-order valence-corrected chi connectivity index (χ3v) is 2.25. The molecule has 7 N–H and O–H groups in total. The van der Waals surface area contributed by atoms with Gasteiger partial charge in [-0.1, -0.05) is 24.6 Å². The lowest BCUT2D eigenvalue weighted by Gasteiger charge is -2.03. The zero-order chi connectivity index (χ0) is 15.4. The van der Waals surface area contributed by atoms with Gasteiger partial charge in [0.1, 0.15) is 11.8 Å². The molecule has 112 valence electrons. The summed E-state index contributed by atoms with van der Waals surface area (Å²) in [6, 6.07) is 7.95. The summed E-state index contributed by atoms with van der Waals surface area (Å²) in [6.45, 7) is 0.604. The van der Waals surface area contributed by atoms with Crippen LogP contribution in [0.4, 0.5) is 4.79 Å². The highest BCUT2D eigenvalue weighted by molar-refractivity contribution is 5.72. The number of carboxylic acids is 1. The first-order chi connectivity index (χ1) is 9.47. The van der Waals surface area contributed by atoms with E-state index in [0.717, 1.165) is 12.8 Å². The van der Waals surface area contributed by atoms with E-state index in [0.29, 0.717) is 18.7 Å². The van der Waals surface area contributed by atoms with Gasteiger partial charge in [0.25, 0.3) is 0 Å². The molecular weight excluding hydrogens is 262 g/mol. The lowest BCUT2D eigenvalue weighted by Crippen LogP contribution is -2.29. The maximum absolute atomic E-state index is 10.2. The third kappa shape index (κ3) is 9.86. The average Bonchev–Trinajstić information content (AvgIpc) is 2.40. The minimum absolute atomic E-state index is 0.468. The molecule has 0 fully saturated rings. The molecule has 0 radical (unpaired) electrons. The summed E-state index contributed by atoms with van der Waals surface area (Å²) >= 11 is 0. The van der Waals surface area contributed by atoms with E-state index in [4.69, 9.17) is 22.3 Å². The molecule has 7 heteroatoms. The van der Waals surface area contributed by atoms with Crippen molar-refractivity contribution in [2.45, 2.75) is 25.3 Å². The van der Waals surface area contributed by atoms with E-state index in [2.05, 4.69) is 4.74 Å². The second-order valence-electron chi connectivity index (χ2n) is 3.96.